The number of nitrogens with one attached hydrogen (secondary N) is 1. The predicted octanol–water partition coefficient (Wildman–Crippen LogP) is 2.01. The molecule has 0 atom stereocenters. The Labute approximate surface area is 131 Å². The van der Waals surface area contributed by atoms with E-state index in [1.807, 2.05) is 32.0 Å². The average Bonchev–Trinajstić information content (AvgIpc) is 2.91. The van der Waals surface area contributed by atoms with Crippen LogP contribution >= 0.6 is 0 Å². The van der Waals surface area contributed by atoms with Crippen molar-refractivity contribution < 1.29 is 14.7 Å². The summed E-state index contributed by atoms with van der Waals surface area (Å²) in [7, 11) is 1.56. The molecule has 120 valence electrons. The van der Waals surface area contributed by atoms with E-state index in [1.165, 1.54) is 4.90 Å². The number of carbonyl (C=O) groups is 2. The molecular formula is C17H24N2O3. The number of carbonyl (C=O) groups excluding carboxylic acids is 2. The first-order chi connectivity index (χ1) is 10.3. The van der Waals surface area contributed by atoms with Crippen molar-refractivity contribution in [1.29, 1.82) is 0 Å². The monoisotopic (exact) mass is 304 g/mol. The standard InChI is InChI=1S/C17H24N2O3/c1-12-7-6-8-14(13(12)2)18-15(20)11-19(3)16(21)17(22)9-4-5-10-17/h6-8,22H,4-5,9-11H2,1-3H3,(H,18,20). The number of aliphatic hydroxyl groups is 1. The normalized spacial score (nSPS) is 16.4. The van der Waals surface area contributed by atoms with Gasteiger partial charge in [0.2, 0.25) is 5.91 Å². The number of rotatable bonds is 4. The van der Waals surface area contributed by atoms with Crippen LogP contribution in [0.25, 0.3) is 0 Å². The van der Waals surface area contributed by atoms with E-state index in [2.05, 4.69) is 5.32 Å². The molecule has 2 N–H and O–H groups in total. The van der Waals surface area contributed by atoms with Crippen LogP contribution in [0.15, 0.2) is 18.2 Å². The quantitative estimate of drug-likeness (QED) is 0.894. The second-order valence-corrected chi connectivity index (χ2v) is 6.20. The molecule has 2 amide bonds. The maximum absolute atomic E-state index is 12.3. The molecule has 1 aromatic rings. The highest BCUT2D eigenvalue weighted by atomic mass is 16.3. The lowest BCUT2D eigenvalue weighted by Gasteiger charge is -2.27. The van der Waals surface area contributed by atoms with E-state index < -0.39 is 5.60 Å². The number of benzene rings is 1. The van der Waals surface area contributed by atoms with E-state index in [4.69, 9.17) is 0 Å². The van der Waals surface area contributed by atoms with E-state index in [9.17, 15) is 14.7 Å². The first-order valence-electron chi connectivity index (χ1n) is 7.67. The molecule has 0 heterocycles. The van der Waals surface area contributed by atoms with Crippen molar-refractivity contribution in [2.45, 2.75) is 45.1 Å². The van der Waals surface area contributed by atoms with Gasteiger partial charge < -0.3 is 15.3 Å². The molecule has 0 saturated heterocycles. The van der Waals surface area contributed by atoms with Crippen molar-refractivity contribution in [3.63, 3.8) is 0 Å². The Morgan fingerprint density at radius 1 is 1.27 bits per heavy atom. The molecule has 0 radical (unpaired) electrons. The maximum Gasteiger partial charge on any atom is 0.254 e. The molecule has 22 heavy (non-hydrogen) atoms. The summed E-state index contributed by atoms with van der Waals surface area (Å²) in [5.74, 6) is -0.618. The second-order valence-electron chi connectivity index (χ2n) is 6.20. The van der Waals surface area contributed by atoms with Gasteiger partial charge in [-0.05, 0) is 56.7 Å². The molecule has 0 spiro atoms. The Bertz CT molecular complexity index is 577. The predicted molar refractivity (Wildman–Crippen MR) is 85.6 cm³/mol. The molecule has 1 aliphatic rings. The topological polar surface area (TPSA) is 69.6 Å². The zero-order chi connectivity index (χ0) is 16.3. The fourth-order valence-electron chi connectivity index (χ4n) is 2.89. The minimum Gasteiger partial charge on any atom is -0.380 e. The fraction of sp³-hybridized carbons (Fsp3) is 0.529. The summed E-state index contributed by atoms with van der Waals surface area (Å²) in [4.78, 5) is 25.7. The van der Waals surface area contributed by atoms with Gasteiger partial charge in [-0.3, -0.25) is 9.59 Å². The minimum absolute atomic E-state index is 0.0610. The van der Waals surface area contributed by atoms with Crippen LogP contribution in [0, 0.1) is 13.8 Å². The van der Waals surface area contributed by atoms with Gasteiger partial charge in [-0.25, -0.2) is 0 Å². The summed E-state index contributed by atoms with van der Waals surface area (Å²) >= 11 is 0. The van der Waals surface area contributed by atoms with Crippen LogP contribution in [0.5, 0.6) is 0 Å². The fourth-order valence-corrected chi connectivity index (χ4v) is 2.89. The maximum atomic E-state index is 12.3. The van der Waals surface area contributed by atoms with Crippen molar-refractivity contribution in [3.05, 3.63) is 29.3 Å². The van der Waals surface area contributed by atoms with Gasteiger partial charge in [-0.15, -0.1) is 0 Å². The van der Waals surface area contributed by atoms with Gasteiger partial charge in [-0.1, -0.05) is 12.1 Å². The third-order valence-electron chi connectivity index (χ3n) is 4.44. The van der Waals surface area contributed by atoms with Gasteiger partial charge in [0.25, 0.3) is 5.91 Å². The number of likely N-dealkylation sites (N-methyl/N-ethyl adjacent to an activating group) is 1. The summed E-state index contributed by atoms with van der Waals surface area (Å²) in [5.41, 5.74) is 1.58. The Morgan fingerprint density at radius 3 is 2.55 bits per heavy atom. The molecule has 5 nitrogen and oxygen atoms in total. The molecule has 5 heteroatoms. The molecule has 0 aromatic heterocycles. The van der Waals surface area contributed by atoms with Crippen molar-refractivity contribution in [3.8, 4) is 0 Å². The van der Waals surface area contributed by atoms with Gasteiger partial charge in [0.1, 0.15) is 5.60 Å². The smallest absolute Gasteiger partial charge is 0.254 e. The lowest BCUT2D eigenvalue weighted by Crippen LogP contribution is -2.48. The number of aryl methyl sites for hydroxylation is 1. The summed E-state index contributed by atoms with van der Waals surface area (Å²) in [6.07, 6.45) is 2.67. The van der Waals surface area contributed by atoms with E-state index in [-0.39, 0.29) is 18.4 Å². The van der Waals surface area contributed by atoms with Gasteiger partial charge in [-0.2, -0.15) is 0 Å². The van der Waals surface area contributed by atoms with Crippen LogP contribution in [0.2, 0.25) is 0 Å². The van der Waals surface area contributed by atoms with E-state index in [1.54, 1.807) is 7.05 Å². The molecule has 0 aliphatic heterocycles. The third kappa shape index (κ3) is 3.47. The van der Waals surface area contributed by atoms with E-state index in [0.717, 1.165) is 29.7 Å². The van der Waals surface area contributed by atoms with Crippen molar-refractivity contribution in [1.82, 2.24) is 4.90 Å². The first-order valence-corrected chi connectivity index (χ1v) is 7.67. The zero-order valence-electron chi connectivity index (χ0n) is 13.5. The Hall–Kier alpha value is -1.88. The van der Waals surface area contributed by atoms with Crippen LogP contribution < -0.4 is 5.32 Å². The molecule has 0 unspecified atom stereocenters. The van der Waals surface area contributed by atoms with Crippen LogP contribution in [0.1, 0.15) is 36.8 Å². The number of nitrogens with zero attached hydrogens (tertiary/aromatic N) is 1. The van der Waals surface area contributed by atoms with Crippen molar-refractivity contribution >= 4 is 17.5 Å². The molecule has 1 aliphatic carbocycles. The van der Waals surface area contributed by atoms with Gasteiger partial charge in [0.15, 0.2) is 0 Å². The van der Waals surface area contributed by atoms with Crippen LogP contribution in [-0.2, 0) is 9.59 Å². The Morgan fingerprint density at radius 2 is 1.91 bits per heavy atom. The number of hydrogen-bond donors (Lipinski definition) is 2. The first kappa shape index (κ1) is 16.5. The molecule has 1 saturated carbocycles. The van der Waals surface area contributed by atoms with Gasteiger partial charge in [0.05, 0.1) is 6.54 Å². The van der Waals surface area contributed by atoms with Crippen molar-refractivity contribution in [2.24, 2.45) is 0 Å². The van der Waals surface area contributed by atoms with Crippen LogP contribution in [-0.4, -0.2) is 41.0 Å². The summed E-state index contributed by atoms with van der Waals surface area (Å²) in [6.45, 7) is 3.87. The number of hydrogen-bond acceptors (Lipinski definition) is 3. The zero-order valence-corrected chi connectivity index (χ0v) is 13.5. The number of anilines is 1. The number of amides is 2. The third-order valence-corrected chi connectivity index (χ3v) is 4.44. The lowest BCUT2D eigenvalue weighted by molar-refractivity contribution is -0.150. The molecule has 1 aromatic carbocycles. The molecular weight excluding hydrogens is 280 g/mol. The average molecular weight is 304 g/mol. The van der Waals surface area contributed by atoms with Gasteiger partial charge >= 0.3 is 0 Å². The summed E-state index contributed by atoms with van der Waals surface area (Å²) < 4.78 is 0. The van der Waals surface area contributed by atoms with Gasteiger partial charge in [0, 0.05) is 12.7 Å². The van der Waals surface area contributed by atoms with Crippen LogP contribution in [0.3, 0.4) is 0 Å². The largest absolute Gasteiger partial charge is 0.380 e. The Kier molecular flexibility index (Phi) is 4.86. The van der Waals surface area contributed by atoms with E-state index >= 15 is 0 Å². The lowest BCUT2D eigenvalue weighted by atomic mass is 10.0. The summed E-state index contributed by atoms with van der Waals surface area (Å²) in [5, 5.41) is 13.1. The summed E-state index contributed by atoms with van der Waals surface area (Å²) in [6, 6.07) is 5.71. The highest BCUT2D eigenvalue weighted by molar-refractivity contribution is 5.96. The molecule has 2 rings (SSSR count). The van der Waals surface area contributed by atoms with E-state index in [0.29, 0.717) is 12.8 Å². The highest BCUT2D eigenvalue weighted by Gasteiger charge is 2.40. The Balaban J connectivity index is 1.97. The second kappa shape index (κ2) is 6.48. The van der Waals surface area contributed by atoms with Crippen molar-refractivity contribution in [2.75, 3.05) is 18.9 Å². The molecule has 1 fully saturated rings. The SMILES string of the molecule is Cc1cccc(NC(=O)CN(C)C(=O)C2(O)CCCC2)c1C. The molecule has 0 bridgehead atoms. The minimum atomic E-state index is -1.28. The highest BCUT2D eigenvalue weighted by Crippen LogP contribution is 2.30. The van der Waals surface area contributed by atoms with Crippen LogP contribution in [0.4, 0.5) is 5.69 Å².